The Kier molecular flexibility index (Phi) is 4.62. The van der Waals surface area contributed by atoms with Crippen LogP contribution in [0, 0.1) is 0 Å². The van der Waals surface area contributed by atoms with Crippen molar-refractivity contribution in [3.63, 3.8) is 0 Å². The molecule has 5 rings (SSSR count). The number of amides is 2. The molecule has 0 spiro atoms. The fourth-order valence-electron chi connectivity index (χ4n) is 4.16. The maximum absolute atomic E-state index is 13.0. The van der Waals surface area contributed by atoms with E-state index < -0.39 is 23.7 Å². The molecule has 1 saturated heterocycles. The number of nitrogens with zero attached hydrogens (tertiary/aromatic N) is 1. The summed E-state index contributed by atoms with van der Waals surface area (Å²) in [5.41, 5.74) is 2.12. The minimum Gasteiger partial charge on any atom is -0.508 e. The minimum atomic E-state index is -0.839. The van der Waals surface area contributed by atoms with Crippen molar-refractivity contribution in [2.45, 2.75) is 25.2 Å². The Balaban J connectivity index is 1.61. The van der Waals surface area contributed by atoms with Gasteiger partial charge in [0.25, 0.3) is 11.8 Å². The summed E-state index contributed by atoms with van der Waals surface area (Å²) in [6.07, 6.45) is 3.18. The first-order valence-electron chi connectivity index (χ1n) is 10.0. The van der Waals surface area contributed by atoms with E-state index in [1.165, 1.54) is 18.2 Å². The first kappa shape index (κ1) is 19.7. The molecule has 0 saturated carbocycles. The van der Waals surface area contributed by atoms with Crippen molar-refractivity contribution < 1.29 is 33.9 Å². The molecule has 8 heteroatoms. The van der Waals surface area contributed by atoms with E-state index >= 15 is 0 Å². The number of ketones is 1. The predicted molar refractivity (Wildman–Crippen MR) is 109 cm³/mol. The van der Waals surface area contributed by atoms with Crippen LogP contribution in [0.15, 0.2) is 65.9 Å². The smallest absolute Gasteiger partial charge is 0.364 e. The number of imide groups is 1. The Morgan fingerprint density at radius 3 is 2.53 bits per heavy atom. The Hall–Kier alpha value is -4.20. The number of hydrogen-bond acceptors (Lipinski definition) is 7. The van der Waals surface area contributed by atoms with Crippen LogP contribution in [-0.2, 0) is 19.2 Å². The molecule has 2 heterocycles. The van der Waals surface area contributed by atoms with E-state index in [1.54, 1.807) is 36.4 Å². The summed E-state index contributed by atoms with van der Waals surface area (Å²) in [6, 6.07) is 11.4. The number of benzene rings is 2. The highest BCUT2D eigenvalue weighted by atomic mass is 16.7. The van der Waals surface area contributed by atoms with Crippen molar-refractivity contribution in [2.75, 3.05) is 0 Å². The van der Waals surface area contributed by atoms with Crippen molar-refractivity contribution in [1.29, 1.82) is 0 Å². The van der Waals surface area contributed by atoms with Crippen molar-refractivity contribution in [3.8, 4) is 11.5 Å². The molecule has 0 bridgehead atoms. The van der Waals surface area contributed by atoms with Crippen molar-refractivity contribution in [2.24, 2.45) is 0 Å². The molecular weight excluding hydrogens is 414 g/mol. The van der Waals surface area contributed by atoms with E-state index in [0.29, 0.717) is 33.3 Å². The number of rotatable bonds is 3. The van der Waals surface area contributed by atoms with Gasteiger partial charge in [0, 0.05) is 36.0 Å². The van der Waals surface area contributed by atoms with E-state index in [-0.39, 0.29) is 36.4 Å². The molecule has 1 N–H and O–H groups in total. The third kappa shape index (κ3) is 3.26. The zero-order valence-corrected chi connectivity index (χ0v) is 16.7. The molecule has 1 unspecified atom stereocenters. The maximum atomic E-state index is 13.0. The molecule has 0 radical (unpaired) electrons. The molecule has 32 heavy (non-hydrogen) atoms. The molecule has 1 aliphatic carbocycles. The Labute approximate surface area is 182 Å². The highest BCUT2D eigenvalue weighted by Gasteiger charge is 2.37. The molecule has 8 nitrogen and oxygen atoms in total. The van der Waals surface area contributed by atoms with E-state index in [1.807, 2.05) is 0 Å². The van der Waals surface area contributed by atoms with E-state index in [0.717, 1.165) is 0 Å². The zero-order chi connectivity index (χ0) is 22.4. The number of fused-ring (bicyclic) bond motifs is 1. The third-order valence-corrected chi connectivity index (χ3v) is 5.63. The van der Waals surface area contributed by atoms with Crippen LogP contribution in [0.5, 0.6) is 11.5 Å². The fourth-order valence-corrected chi connectivity index (χ4v) is 4.16. The summed E-state index contributed by atoms with van der Waals surface area (Å²) >= 11 is 0. The summed E-state index contributed by atoms with van der Waals surface area (Å²) in [5, 5.41) is 10.4. The summed E-state index contributed by atoms with van der Waals surface area (Å²) in [4.78, 5) is 53.9. The monoisotopic (exact) mass is 431 g/mol. The lowest BCUT2D eigenvalue weighted by Gasteiger charge is -2.32. The molecule has 160 valence electrons. The van der Waals surface area contributed by atoms with Crippen LogP contribution < -0.4 is 4.74 Å². The number of carbonyl (C=O) groups excluding carboxylic acids is 4. The normalized spacial score (nSPS) is 19.6. The number of allylic oxidation sites excluding steroid dienone is 4. The molecule has 1 atom stereocenters. The van der Waals surface area contributed by atoms with Gasteiger partial charge in [-0.05, 0) is 23.8 Å². The number of ether oxygens (including phenoxy) is 1. The Bertz CT molecular complexity index is 1240. The number of hydroxylamine groups is 2. The second kappa shape index (κ2) is 7.49. The fraction of sp³-hybridized carbons (Fsp3) is 0.167. The lowest BCUT2D eigenvalue weighted by Crippen LogP contribution is -2.32. The number of aromatic hydroxyl groups is 1. The van der Waals surface area contributed by atoms with Gasteiger partial charge in [0.2, 0.25) is 0 Å². The molecule has 2 amide bonds. The van der Waals surface area contributed by atoms with Gasteiger partial charge in [-0.15, -0.1) is 5.06 Å². The molecule has 3 aliphatic rings. The van der Waals surface area contributed by atoms with E-state index in [4.69, 9.17) is 9.57 Å². The average molecular weight is 431 g/mol. The van der Waals surface area contributed by atoms with Crippen LogP contribution in [0.2, 0.25) is 0 Å². The third-order valence-electron chi connectivity index (χ3n) is 5.63. The van der Waals surface area contributed by atoms with Gasteiger partial charge < -0.3 is 14.7 Å². The zero-order valence-electron chi connectivity index (χ0n) is 16.7. The van der Waals surface area contributed by atoms with Gasteiger partial charge in [-0.25, -0.2) is 4.79 Å². The maximum Gasteiger partial charge on any atom is 0.364 e. The van der Waals surface area contributed by atoms with Crippen LogP contribution in [-0.4, -0.2) is 33.7 Å². The molecular formula is C24H17NO7. The Morgan fingerprint density at radius 2 is 1.75 bits per heavy atom. The molecule has 2 aromatic carbocycles. The summed E-state index contributed by atoms with van der Waals surface area (Å²) < 4.78 is 5.91. The largest absolute Gasteiger partial charge is 0.508 e. The predicted octanol–water partition coefficient (Wildman–Crippen LogP) is 2.92. The highest BCUT2D eigenvalue weighted by Crippen LogP contribution is 2.47. The quantitative estimate of drug-likeness (QED) is 0.744. The number of phenolic OH excluding ortho intramolecular Hbond substituents is 1. The van der Waals surface area contributed by atoms with Gasteiger partial charge in [-0.2, -0.15) is 0 Å². The lowest BCUT2D eigenvalue weighted by molar-refractivity contribution is -0.172. The van der Waals surface area contributed by atoms with Gasteiger partial charge in [0.1, 0.15) is 17.3 Å². The van der Waals surface area contributed by atoms with Crippen molar-refractivity contribution >= 4 is 23.6 Å². The van der Waals surface area contributed by atoms with Gasteiger partial charge in [0.05, 0.1) is 12.0 Å². The summed E-state index contributed by atoms with van der Waals surface area (Å²) in [5.74, 6) is -1.76. The van der Waals surface area contributed by atoms with Crippen molar-refractivity contribution in [3.05, 3.63) is 82.6 Å². The van der Waals surface area contributed by atoms with Crippen LogP contribution >= 0.6 is 0 Å². The molecule has 2 aromatic rings. The van der Waals surface area contributed by atoms with Crippen LogP contribution in [0.3, 0.4) is 0 Å². The summed E-state index contributed by atoms with van der Waals surface area (Å²) in [6.45, 7) is 0. The number of hydrogen-bond donors (Lipinski definition) is 1. The number of carbonyl (C=O) groups is 4. The SMILES string of the molecule is O=C1C=CC2=C(C1)Oc1cc(O)ccc1C2c1ccccc1C(=O)ON1C(=O)CCC1=O. The van der Waals surface area contributed by atoms with Gasteiger partial charge >= 0.3 is 5.97 Å². The molecule has 2 aliphatic heterocycles. The van der Waals surface area contributed by atoms with E-state index in [2.05, 4.69) is 0 Å². The van der Waals surface area contributed by atoms with Crippen LogP contribution in [0.4, 0.5) is 0 Å². The topological polar surface area (TPSA) is 110 Å². The van der Waals surface area contributed by atoms with Gasteiger partial charge in [-0.3, -0.25) is 14.4 Å². The first-order chi connectivity index (χ1) is 15.4. The van der Waals surface area contributed by atoms with E-state index in [9.17, 15) is 24.3 Å². The molecule has 1 fully saturated rings. The average Bonchev–Trinajstić information content (AvgIpc) is 3.09. The lowest BCUT2D eigenvalue weighted by atomic mass is 9.78. The molecule has 0 aromatic heterocycles. The summed E-state index contributed by atoms with van der Waals surface area (Å²) in [7, 11) is 0. The Morgan fingerprint density at radius 1 is 1.00 bits per heavy atom. The van der Waals surface area contributed by atoms with Crippen LogP contribution in [0.25, 0.3) is 0 Å². The highest BCUT2D eigenvalue weighted by molar-refractivity contribution is 6.03. The standard InChI is InChI=1S/C24H17NO7/c26-13-5-7-17-19(11-13)31-20-12-14(27)6-8-18(20)23(17)15-3-1-2-4-16(15)24(30)32-25-21(28)9-10-22(25)29/h1-8,11,23,26H,9-10,12H2. The second-order valence-electron chi connectivity index (χ2n) is 7.66. The van der Waals surface area contributed by atoms with Crippen LogP contribution in [0.1, 0.15) is 46.7 Å². The number of phenols is 1. The first-order valence-corrected chi connectivity index (χ1v) is 10.0. The second-order valence-corrected chi connectivity index (χ2v) is 7.66. The van der Waals surface area contributed by atoms with Gasteiger partial charge in [-0.1, -0.05) is 30.3 Å². The minimum absolute atomic E-state index is 0.000336. The van der Waals surface area contributed by atoms with Crippen molar-refractivity contribution in [1.82, 2.24) is 5.06 Å². The van der Waals surface area contributed by atoms with Gasteiger partial charge in [0.15, 0.2) is 5.78 Å².